The molecule has 0 spiro atoms. The largest absolute Gasteiger partial charge is 0.391 e. The predicted molar refractivity (Wildman–Crippen MR) is 72.9 cm³/mol. The number of benzene rings is 1. The van der Waals surface area contributed by atoms with E-state index < -0.39 is 28.0 Å². The van der Waals surface area contributed by atoms with E-state index in [0.29, 0.717) is 12.8 Å². The minimum absolute atomic E-state index is 0.0304. The maximum absolute atomic E-state index is 13.3. The second-order valence-corrected chi connectivity index (χ2v) is 6.75. The Balaban J connectivity index is 2.21. The Hall–Kier alpha value is -1.02. The van der Waals surface area contributed by atoms with Crippen LogP contribution in [0, 0.1) is 5.82 Å². The maximum atomic E-state index is 13.3. The Morgan fingerprint density at radius 3 is 2.70 bits per heavy atom. The summed E-state index contributed by atoms with van der Waals surface area (Å²) in [5.74, 6) is -0.524. The van der Waals surface area contributed by atoms with Crippen LogP contribution in [0.3, 0.4) is 0 Å². The van der Waals surface area contributed by atoms with Crippen LogP contribution >= 0.6 is 0 Å². The van der Waals surface area contributed by atoms with Crippen molar-refractivity contribution < 1.29 is 17.9 Å². The number of sulfonamides is 1. The van der Waals surface area contributed by atoms with E-state index in [-0.39, 0.29) is 17.0 Å². The summed E-state index contributed by atoms with van der Waals surface area (Å²) in [6.45, 7) is -0.0682. The zero-order valence-corrected chi connectivity index (χ0v) is 11.9. The van der Waals surface area contributed by atoms with Gasteiger partial charge in [-0.25, -0.2) is 17.5 Å². The van der Waals surface area contributed by atoms with Crippen LogP contribution in [0.4, 0.5) is 4.39 Å². The molecule has 0 bridgehead atoms. The molecular weight excluding hydrogens is 283 g/mol. The van der Waals surface area contributed by atoms with Crippen LogP contribution in [-0.2, 0) is 16.6 Å². The fourth-order valence-electron chi connectivity index (χ4n) is 2.39. The van der Waals surface area contributed by atoms with Gasteiger partial charge in [-0.2, -0.15) is 0 Å². The van der Waals surface area contributed by atoms with Crippen molar-refractivity contribution in [3.63, 3.8) is 0 Å². The van der Waals surface area contributed by atoms with Crippen molar-refractivity contribution in [3.05, 3.63) is 29.6 Å². The summed E-state index contributed by atoms with van der Waals surface area (Å²) in [5, 5.41) is 9.82. The van der Waals surface area contributed by atoms with Crippen molar-refractivity contribution in [2.24, 2.45) is 5.73 Å². The van der Waals surface area contributed by atoms with Crippen LogP contribution in [0.5, 0.6) is 0 Å². The third-order valence-electron chi connectivity index (χ3n) is 3.58. The van der Waals surface area contributed by atoms with Gasteiger partial charge in [0.05, 0.1) is 11.0 Å². The van der Waals surface area contributed by atoms with Gasteiger partial charge in [0.25, 0.3) is 0 Å². The van der Waals surface area contributed by atoms with E-state index in [1.807, 2.05) is 0 Å². The highest BCUT2D eigenvalue weighted by Crippen LogP contribution is 2.21. The fraction of sp³-hybridized carbons (Fsp3) is 0.538. The van der Waals surface area contributed by atoms with Crippen LogP contribution in [0.25, 0.3) is 0 Å². The number of nitrogens with two attached hydrogens (primary N) is 1. The number of aliphatic hydroxyl groups excluding tert-OH is 1. The van der Waals surface area contributed by atoms with E-state index in [4.69, 9.17) is 5.73 Å². The number of hydrogen-bond donors (Lipinski definition) is 3. The van der Waals surface area contributed by atoms with Crippen LogP contribution in [0.15, 0.2) is 23.1 Å². The molecule has 2 unspecified atom stereocenters. The van der Waals surface area contributed by atoms with Crippen LogP contribution in [-0.4, -0.2) is 25.7 Å². The SMILES string of the molecule is NCc1cc(S(=O)(=O)NC2CCCCC2O)ccc1F. The molecule has 1 fully saturated rings. The molecule has 0 aromatic heterocycles. The van der Waals surface area contributed by atoms with E-state index in [9.17, 15) is 17.9 Å². The summed E-state index contributed by atoms with van der Waals surface area (Å²) in [6.07, 6.45) is 2.29. The lowest BCUT2D eigenvalue weighted by atomic mass is 9.93. The number of rotatable bonds is 4. The molecule has 0 amide bonds. The average molecular weight is 302 g/mol. The average Bonchev–Trinajstić information content (AvgIpc) is 2.41. The van der Waals surface area contributed by atoms with Gasteiger partial charge in [-0.3, -0.25) is 0 Å². The third kappa shape index (κ3) is 3.35. The number of hydrogen-bond acceptors (Lipinski definition) is 4. The van der Waals surface area contributed by atoms with Gasteiger partial charge in [-0.15, -0.1) is 0 Å². The highest BCUT2D eigenvalue weighted by Gasteiger charge is 2.28. The number of halogens is 1. The maximum Gasteiger partial charge on any atom is 0.240 e. The van der Waals surface area contributed by atoms with Crippen molar-refractivity contribution in [2.45, 2.75) is 49.3 Å². The van der Waals surface area contributed by atoms with E-state index in [1.165, 1.54) is 12.1 Å². The first-order valence-electron chi connectivity index (χ1n) is 6.63. The highest BCUT2D eigenvalue weighted by molar-refractivity contribution is 7.89. The minimum atomic E-state index is -3.77. The fourth-order valence-corrected chi connectivity index (χ4v) is 3.74. The van der Waals surface area contributed by atoms with E-state index in [1.54, 1.807) is 0 Å². The van der Waals surface area contributed by atoms with E-state index in [2.05, 4.69) is 4.72 Å². The predicted octanol–water partition coefficient (Wildman–Crippen LogP) is 0.866. The van der Waals surface area contributed by atoms with Crippen molar-refractivity contribution in [1.82, 2.24) is 4.72 Å². The van der Waals surface area contributed by atoms with E-state index in [0.717, 1.165) is 18.9 Å². The molecule has 4 N–H and O–H groups in total. The van der Waals surface area contributed by atoms with Crippen LogP contribution in [0.1, 0.15) is 31.2 Å². The molecule has 1 aromatic rings. The van der Waals surface area contributed by atoms with Gasteiger partial charge in [0.2, 0.25) is 10.0 Å². The van der Waals surface area contributed by atoms with Crippen LogP contribution in [0.2, 0.25) is 0 Å². The van der Waals surface area contributed by atoms with Crippen LogP contribution < -0.4 is 10.5 Å². The lowest BCUT2D eigenvalue weighted by Gasteiger charge is -2.28. The Morgan fingerprint density at radius 2 is 2.05 bits per heavy atom. The smallest absolute Gasteiger partial charge is 0.240 e. The molecule has 0 heterocycles. The normalized spacial score (nSPS) is 23.8. The molecule has 1 aliphatic rings. The number of nitrogens with one attached hydrogen (secondary N) is 1. The summed E-state index contributed by atoms with van der Waals surface area (Å²) >= 11 is 0. The molecule has 1 aromatic carbocycles. The van der Waals surface area contributed by atoms with Gasteiger partial charge in [0.15, 0.2) is 0 Å². The molecule has 7 heteroatoms. The topological polar surface area (TPSA) is 92.4 Å². The first-order chi connectivity index (χ1) is 9.44. The summed E-state index contributed by atoms with van der Waals surface area (Å²) in [5.41, 5.74) is 5.52. The van der Waals surface area contributed by atoms with Gasteiger partial charge in [0.1, 0.15) is 5.82 Å². The van der Waals surface area contributed by atoms with Crippen molar-refractivity contribution in [1.29, 1.82) is 0 Å². The van der Waals surface area contributed by atoms with Crippen molar-refractivity contribution >= 4 is 10.0 Å². The molecule has 0 aliphatic heterocycles. The second-order valence-electron chi connectivity index (χ2n) is 5.04. The van der Waals surface area contributed by atoms with Gasteiger partial charge in [-0.05, 0) is 31.0 Å². The first kappa shape index (κ1) is 15.4. The Kier molecular flexibility index (Phi) is 4.74. The second kappa shape index (κ2) is 6.17. The molecule has 2 rings (SSSR count). The molecule has 0 radical (unpaired) electrons. The molecule has 20 heavy (non-hydrogen) atoms. The molecule has 5 nitrogen and oxygen atoms in total. The van der Waals surface area contributed by atoms with E-state index >= 15 is 0 Å². The van der Waals surface area contributed by atoms with Gasteiger partial charge in [-0.1, -0.05) is 12.8 Å². The molecule has 1 aliphatic carbocycles. The molecule has 1 saturated carbocycles. The zero-order valence-electron chi connectivity index (χ0n) is 11.0. The zero-order chi connectivity index (χ0) is 14.8. The monoisotopic (exact) mass is 302 g/mol. The lowest BCUT2D eigenvalue weighted by molar-refractivity contribution is 0.101. The minimum Gasteiger partial charge on any atom is -0.391 e. The Labute approximate surface area is 118 Å². The highest BCUT2D eigenvalue weighted by atomic mass is 32.2. The lowest BCUT2D eigenvalue weighted by Crippen LogP contribution is -2.44. The summed E-state index contributed by atoms with van der Waals surface area (Å²) in [6, 6.07) is 3.03. The molecule has 112 valence electrons. The summed E-state index contributed by atoms with van der Waals surface area (Å²) in [7, 11) is -3.77. The molecular formula is C13H19FN2O3S. The van der Waals surface area contributed by atoms with Gasteiger partial charge >= 0.3 is 0 Å². The molecule has 2 atom stereocenters. The first-order valence-corrected chi connectivity index (χ1v) is 8.11. The molecule has 0 saturated heterocycles. The standard InChI is InChI=1S/C13H19FN2O3S/c14-11-6-5-10(7-9(11)8-15)20(18,19)16-12-3-1-2-4-13(12)17/h5-7,12-13,16-17H,1-4,8,15H2. The Bertz CT molecular complexity index is 577. The van der Waals surface area contributed by atoms with Gasteiger partial charge in [0, 0.05) is 18.2 Å². The quantitative estimate of drug-likeness (QED) is 0.769. The van der Waals surface area contributed by atoms with Crippen molar-refractivity contribution in [2.75, 3.05) is 0 Å². The van der Waals surface area contributed by atoms with Gasteiger partial charge < -0.3 is 10.8 Å². The summed E-state index contributed by atoms with van der Waals surface area (Å²) in [4.78, 5) is -0.0304. The Morgan fingerprint density at radius 1 is 1.35 bits per heavy atom. The van der Waals surface area contributed by atoms with Crippen molar-refractivity contribution in [3.8, 4) is 0 Å². The third-order valence-corrected chi connectivity index (χ3v) is 5.07. The summed E-state index contributed by atoms with van der Waals surface area (Å²) < 4.78 is 40.3. The number of aliphatic hydroxyl groups is 1.